The van der Waals surface area contributed by atoms with Gasteiger partial charge in [0.05, 0.1) is 0 Å². The van der Waals surface area contributed by atoms with Crippen molar-refractivity contribution in [3.8, 4) is 0 Å². The van der Waals surface area contributed by atoms with Crippen molar-refractivity contribution >= 4 is 29.2 Å². The van der Waals surface area contributed by atoms with Gasteiger partial charge in [0, 0.05) is 30.0 Å². The van der Waals surface area contributed by atoms with E-state index >= 15 is 0 Å². The van der Waals surface area contributed by atoms with Crippen LogP contribution in [-0.2, 0) is 14.4 Å². The van der Waals surface area contributed by atoms with Crippen molar-refractivity contribution in [2.75, 3.05) is 29.9 Å². The lowest BCUT2D eigenvalue weighted by Gasteiger charge is -2.26. The fourth-order valence-corrected chi connectivity index (χ4v) is 3.11. The molecule has 3 heterocycles. The highest BCUT2D eigenvalue weighted by atomic mass is 19.1. The van der Waals surface area contributed by atoms with Gasteiger partial charge < -0.3 is 14.7 Å². The van der Waals surface area contributed by atoms with Gasteiger partial charge in [-0.05, 0) is 35.9 Å². The van der Waals surface area contributed by atoms with E-state index in [0.717, 1.165) is 4.70 Å². The number of carbonyl (C=O) groups excluding carboxylic acids is 3. The second-order valence-corrected chi connectivity index (χ2v) is 6.36. The maximum atomic E-state index is 13.2. The number of benzene rings is 1. The molecule has 2 aliphatic heterocycles. The highest BCUT2D eigenvalue weighted by molar-refractivity contribution is 6.32. The first-order valence-corrected chi connectivity index (χ1v) is 8.51. The summed E-state index contributed by atoms with van der Waals surface area (Å²) in [4.78, 5) is 40.0. The molecule has 1 unspecified atom stereocenters. The molecule has 28 heavy (non-hydrogen) atoms. The Bertz CT molecular complexity index is 986. The molecule has 0 radical (unpaired) electrons. The Labute approximate surface area is 158 Å². The number of aryl methyl sites for hydroxylation is 1. The molecule has 0 bridgehead atoms. The largest absolute Gasteiger partial charge is 0.502 e. The summed E-state index contributed by atoms with van der Waals surface area (Å²) in [6, 6.07) is 7.27. The number of anilines is 2. The maximum absolute atomic E-state index is 13.2. The molecule has 1 saturated heterocycles. The van der Waals surface area contributed by atoms with Gasteiger partial charge >= 0.3 is 11.8 Å². The van der Waals surface area contributed by atoms with Crippen LogP contribution in [0.2, 0.25) is 0 Å². The number of nitrogens with zero attached hydrogens (tertiary/aromatic N) is 5. The normalized spacial score (nSPS) is 18.9. The Kier molecular flexibility index (Phi) is 4.34. The fraction of sp³-hybridized carbons (Fsp3) is 0.294. The zero-order valence-corrected chi connectivity index (χ0v) is 14.8. The number of amides is 3. The molecule has 11 heteroatoms. The first-order valence-electron chi connectivity index (χ1n) is 8.51. The zero-order valence-electron chi connectivity index (χ0n) is 14.8. The molecule has 0 spiro atoms. The number of halogens is 1. The van der Waals surface area contributed by atoms with Crippen molar-refractivity contribution in [2.45, 2.75) is 13.2 Å². The third kappa shape index (κ3) is 3.21. The van der Waals surface area contributed by atoms with Gasteiger partial charge in [-0.1, -0.05) is 5.16 Å². The molecule has 10 nitrogen and oxygen atoms in total. The zero-order chi connectivity index (χ0) is 19.8. The van der Waals surface area contributed by atoms with Crippen LogP contribution in [0.5, 0.6) is 0 Å². The van der Waals surface area contributed by atoms with Gasteiger partial charge in [-0.3, -0.25) is 14.5 Å². The van der Waals surface area contributed by atoms with Gasteiger partial charge in [0.15, 0.2) is 5.82 Å². The average molecular weight is 387 g/mol. The molecule has 2 aliphatic rings. The van der Waals surface area contributed by atoms with Crippen molar-refractivity contribution in [1.29, 1.82) is 0 Å². The molecular weight excluding hydrogens is 371 g/mol. The summed E-state index contributed by atoms with van der Waals surface area (Å²) in [6.45, 7) is 1.95. The van der Waals surface area contributed by atoms with Crippen LogP contribution in [0.3, 0.4) is 0 Å². The lowest BCUT2D eigenvalue weighted by Crippen LogP contribution is -2.52. The van der Waals surface area contributed by atoms with Crippen LogP contribution in [0.15, 0.2) is 40.0 Å². The number of hydrogen-bond acceptors (Lipinski definition) is 7. The Hall–Kier alpha value is -3.63. The molecule has 2 aromatic rings. The van der Waals surface area contributed by atoms with Crippen LogP contribution in [0, 0.1) is 12.7 Å². The van der Waals surface area contributed by atoms with Gasteiger partial charge in [-0.2, -0.15) is 0 Å². The van der Waals surface area contributed by atoms with Crippen molar-refractivity contribution in [3.05, 3.63) is 41.9 Å². The van der Waals surface area contributed by atoms with Crippen molar-refractivity contribution in [2.24, 2.45) is 5.11 Å². The summed E-state index contributed by atoms with van der Waals surface area (Å²) in [5.41, 5.74) is 0.655. The third-order valence-electron chi connectivity index (χ3n) is 4.41. The molecular formula is C17H16FN6O4+. The Morgan fingerprint density at radius 2 is 2.00 bits per heavy atom. The van der Waals surface area contributed by atoms with E-state index in [2.05, 4.69) is 15.6 Å². The number of hydrogen-bond donors (Lipinski definition) is 1. The van der Waals surface area contributed by atoms with Gasteiger partial charge in [0.25, 0.3) is 18.7 Å². The molecule has 1 aromatic carbocycles. The lowest BCUT2D eigenvalue weighted by atomic mass is 10.3. The van der Waals surface area contributed by atoms with Crippen LogP contribution in [-0.4, -0.2) is 58.4 Å². The van der Waals surface area contributed by atoms with Crippen molar-refractivity contribution in [1.82, 2.24) is 10.1 Å². The van der Waals surface area contributed by atoms with Crippen LogP contribution < -0.4 is 10.2 Å². The molecule has 1 atom stereocenters. The molecule has 1 fully saturated rings. The number of aromatic nitrogens is 1. The van der Waals surface area contributed by atoms with E-state index in [1.807, 2.05) is 0 Å². The molecule has 144 valence electrons. The number of nitrogens with one attached hydrogen (secondary N) is 1. The molecule has 3 amide bonds. The van der Waals surface area contributed by atoms with E-state index in [1.165, 1.54) is 23.1 Å². The minimum atomic E-state index is -0.885. The smallest absolute Gasteiger partial charge is 0.360 e. The summed E-state index contributed by atoms with van der Waals surface area (Å²) in [5, 5.41) is 10.4. The second-order valence-electron chi connectivity index (χ2n) is 6.36. The molecule has 4 rings (SSSR count). The second kappa shape index (κ2) is 6.83. The van der Waals surface area contributed by atoms with E-state index in [9.17, 15) is 18.8 Å². The van der Waals surface area contributed by atoms with Crippen LogP contribution >= 0.6 is 0 Å². The predicted molar refractivity (Wildman–Crippen MR) is 91.7 cm³/mol. The van der Waals surface area contributed by atoms with Crippen molar-refractivity contribution in [3.63, 3.8) is 0 Å². The maximum Gasteiger partial charge on any atom is 0.502 e. The summed E-state index contributed by atoms with van der Waals surface area (Å²) < 4.78 is 18.9. The topological polar surface area (TPSA) is 111 Å². The van der Waals surface area contributed by atoms with Gasteiger partial charge in [0.2, 0.25) is 0 Å². The summed E-state index contributed by atoms with van der Waals surface area (Å²) >= 11 is 0. The summed E-state index contributed by atoms with van der Waals surface area (Å²) in [5.74, 6) is -1.86. The minimum Gasteiger partial charge on any atom is -0.360 e. The number of carbonyl (C=O) groups is 3. The molecule has 1 N–H and O–H groups in total. The summed E-state index contributed by atoms with van der Waals surface area (Å²) in [6.07, 6.45) is -0.780. The van der Waals surface area contributed by atoms with Gasteiger partial charge in [0.1, 0.15) is 11.6 Å². The number of azo groups is 2. The van der Waals surface area contributed by atoms with E-state index in [0.29, 0.717) is 24.5 Å². The highest BCUT2D eigenvalue weighted by Crippen LogP contribution is 2.27. The van der Waals surface area contributed by atoms with Crippen LogP contribution in [0.1, 0.15) is 5.76 Å². The van der Waals surface area contributed by atoms with Crippen LogP contribution in [0.25, 0.3) is 0 Å². The fourth-order valence-electron chi connectivity index (χ4n) is 3.11. The average Bonchev–Trinajstić information content (AvgIpc) is 3.26. The van der Waals surface area contributed by atoms with Gasteiger partial charge in [-0.15, -0.1) is 0 Å². The Morgan fingerprint density at radius 3 is 2.68 bits per heavy atom. The lowest BCUT2D eigenvalue weighted by molar-refractivity contribution is -0.509. The molecule has 0 saturated carbocycles. The van der Waals surface area contributed by atoms with E-state index in [-0.39, 0.29) is 11.6 Å². The number of rotatable bonds is 4. The Morgan fingerprint density at radius 1 is 1.29 bits per heavy atom. The van der Waals surface area contributed by atoms with Gasteiger partial charge in [-0.25, -0.2) is 9.18 Å². The van der Waals surface area contributed by atoms with Crippen LogP contribution in [0.4, 0.5) is 15.9 Å². The SMILES string of the molecule is Cc1cc(NC(=O)C[N+]2=NC3N(CCN3c3ccc(F)cc3)C(=O)C2=O)no1. The van der Waals surface area contributed by atoms with E-state index in [1.54, 1.807) is 24.0 Å². The van der Waals surface area contributed by atoms with E-state index in [4.69, 9.17) is 4.52 Å². The Balaban J connectivity index is 1.55. The molecule has 1 aromatic heterocycles. The first kappa shape index (κ1) is 17.8. The molecule has 0 aliphatic carbocycles. The third-order valence-corrected chi connectivity index (χ3v) is 4.41. The van der Waals surface area contributed by atoms with E-state index < -0.39 is 30.6 Å². The summed E-state index contributed by atoms with van der Waals surface area (Å²) in [7, 11) is 0. The standard InChI is InChI=1S/C17H15FN6O4/c1-10-8-13(21-28-10)19-14(25)9-24-16(27)15(26)23-7-6-22(17(23)20-24)12-4-2-11(18)3-5-12/h2-5,8,17H,6-7,9H2,1H3/p+1. The monoisotopic (exact) mass is 387 g/mol. The predicted octanol–water partition coefficient (Wildman–Crippen LogP) is 0.698. The highest BCUT2D eigenvalue weighted by Gasteiger charge is 2.49. The minimum absolute atomic E-state index is 0.203. The first-order chi connectivity index (χ1) is 13.4. The quantitative estimate of drug-likeness (QED) is 0.611. The van der Waals surface area contributed by atoms with Crippen molar-refractivity contribution < 1.29 is 28.0 Å². The number of fused-ring (bicyclic) bond motifs is 1.